The Kier molecular flexibility index (Phi) is 3.44. The molecule has 0 unspecified atom stereocenters. The molecule has 0 aliphatic rings. The Bertz CT molecular complexity index is 491. The standard InChI is InChI=1S/C13H14N2OS/c1-15(11-6-4-10(14)5-7-11)13(16)9-12-3-2-8-17-12/h2-8H,9,14H2,1H3. The summed E-state index contributed by atoms with van der Waals surface area (Å²) in [6, 6.07) is 11.2. The van der Waals surface area contributed by atoms with E-state index in [1.165, 1.54) is 0 Å². The first-order valence-corrected chi connectivity index (χ1v) is 6.19. The first-order valence-electron chi connectivity index (χ1n) is 5.31. The summed E-state index contributed by atoms with van der Waals surface area (Å²) in [6.07, 6.45) is 0.443. The number of nitrogens with two attached hydrogens (primary N) is 1. The zero-order valence-corrected chi connectivity index (χ0v) is 10.4. The largest absolute Gasteiger partial charge is 0.399 e. The van der Waals surface area contributed by atoms with Crippen LogP contribution < -0.4 is 10.6 Å². The topological polar surface area (TPSA) is 46.3 Å². The third-order valence-corrected chi connectivity index (χ3v) is 3.44. The smallest absolute Gasteiger partial charge is 0.231 e. The molecule has 0 aliphatic heterocycles. The lowest BCUT2D eigenvalue weighted by atomic mass is 10.2. The number of hydrogen-bond donors (Lipinski definition) is 1. The highest BCUT2D eigenvalue weighted by Crippen LogP contribution is 2.17. The number of thiophene rings is 1. The van der Waals surface area contributed by atoms with Gasteiger partial charge in [-0.25, -0.2) is 0 Å². The molecule has 4 heteroatoms. The Morgan fingerprint density at radius 2 is 2.00 bits per heavy atom. The molecule has 0 atom stereocenters. The van der Waals surface area contributed by atoms with Crippen molar-refractivity contribution in [3.8, 4) is 0 Å². The molecule has 17 heavy (non-hydrogen) atoms. The fourth-order valence-electron chi connectivity index (χ4n) is 1.52. The second-order valence-electron chi connectivity index (χ2n) is 3.80. The van der Waals surface area contributed by atoms with Gasteiger partial charge in [-0.15, -0.1) is 11.3 Å². The fraction of sp³-hybridized carbons (Fsp3) is 0.154. The van der Waals surface area contributed by atoms with Gasteiger partial charge >= 0.3 is 0 Å². The van der Waals surface area contributed by atoms with Crippen LogP contribution in [0.15, 0.2) is 41.8 Å². The third-order valence-electron chi connectivity index (χ3n) is 2.56. The highest BCUT2D eigenvalue weighted by atomic mass is 32.1. The molecular weight excluding hydrogens is 232 g/mol. The van der Waals surface area contributed by atoms with E-state index in [0.29, 0.717) is 12.1 Å². The number of hydrogen-bond acceptors (Lipinski definition) is 3. The van der Waals surface area contributed by atoms with Gasteiger partial charge in [0.25, 0.3) is 0 Å². The van der Waals surface area contributed by atoms with Crippen LogP contribution >= 0.6 is 11.3 Å². The van der Waals surface area contributed by atoms with Gasteiger partial charge in [0.05, 0.1) is 6.42 Å². The number of carbonyl (C=O) groups excluding carboxylic acids is 1. The van der Waals surface area contributed by atoms with Crippen LogP contribution in [-0.2, 0) is 11.2 Å². The molecule has 0 bridgehead atoms. The summed E-state index contributed by atoms with van der Waals surface area (Å²) in [5.41, 5.74) is 7.17. The molecule has 0 fully saturated rings. The summed E-state index contributed by atoms with van der Waals surface area (Å²) < 4.78 is 0. The number of nitrogen functional groups attached to an aromatic ring is 1. The van der Waals surface area contributed by atoms with Gasteiger partial charge in [0.1, 0.15) is 0 Å². The fourth-order valence-corrected chi connectivity index (χ4v) is 2.22. The number of benzene rings is 1. The number of nitrogens with zero attached hydrogens (tertiary/aromatic N) is 1. The maximum Gasteiger partial charge on any atom is 0.231 e. The first kappa shape index (κ1) is 11.7. The van der Waals surface area contributed by atoms with E-state index in [1.807, 2.05) is 29.6 Å². The molecule has 0 aliphatic carbocycles. The third kappa shape index (κ3) is 2.85. The number of likely N-dealkylation sites (N-methyl/N-ethyl adjacent to an activating group) is 1. The van der Waals surface area contributed by atoms with Crippen LogP contribution in [0.25, 0.3) is 0 Å². The van der Waals surface area contributed by atoms with Crippen LogP contribution in [0.2, 0.25) is 0 Å². The molecule has 1 amide bonds. The lowest BCUT2D eigenvalue weighted by Crippen LogP contribution is -2.27. The Morgan fingerprint density at radius 3 is 2.59 bits per heavy atom. The van der Waals surface area contributed by atoms with Crippen LogP contribution in [0.3, 0.4) is 0 Å². The van der Waals surface area contributed by atoms with Crippen molar-refractivity contribution in [1.82, 2.24) is 0 Å². The van der Waals surface area contributed by atoms with E-state index in [2.05, 4.69) is 0 Å². The van der Waals surface area contributed by atoms with Crippen molar-refractivity contribution < 1.29 is 4.79 Å². The Morgan fingerprint density at radius 1 is 1.29 bits per heavy atom. The predicted molar refractivity (Wildman–Crippen MR) is 72.3 cm³/mol. The molecule has 1 aromatic heterocycles. The van der Waals surface area contributed by atoms with E-state index in [0.717, 1.165) is 10.6 Å². The van der Waals surface area contributed by atoms with Crippen LogP contribution in [0.1, 0.15) is 4.88 Å². The number of anilines is 2. The van der Waals surface area contributed by atoms with Crippen molar-refractivity contribution in [2.45, 2.75) is 6.42 Å². The van der Waals surface area contributed by atoms with E-state index in [-0.39, 0.29) is 5.91 Å². The number of rotatable bonds is 3. The summed E-state index contributed by atoms with van der Waals surface area (Å²) in [5, 5.41) is 1.98. The van der Waals surface area contributed by atoms with Crippen LogP contribution in [0.4, 0.5) is 11.4 Å². The Balaban J connectivity index is 2.07. The van der Waals surface area contributed by atoms with Gasteiger partial charge in [-0.05, 0) is 35.7 Å². The zero-order valence-electron chi connectivity index (χ0n) is 9.59. The zero-order chi connectivity index (χ0) is 12.3. The molecule has 1 aromatic carbocycles. The average Bonchev–Trinajstić information content (AvgIpc) is 2.82. The van der Waals surface area contributed by atoms with Crippen molar-refractivity contribution in [2.75, 3.05) is 17.7 Å². The normalized spacial score (nSPS) is 10.2. The van der Waals surface area contributed by atoms with Gasteiger partial charge in [-0.3, -0.25) is 4.79 Å². The Hall–Kier alpha value is -1.81. The van der Waals surface area contributed by atoms with Gasteiger partial charge in [0.2, 0.25) is 5.91 Å². The SMILES string of the molecule is CN(C(=O)Cc1cccs1)c1ccc(N)cc1. The molecule has 88 valence electrons. The first-order chi connectivity index (χ1) is 8.16. The maximum atomic E-state index is 12.0. The maximum absolute atomic E-state index is 12.0. The summed E-state index contributed by atoms with van der Waals surface area (Å²) in [5.74, 6) is 0.0808. The number of amides is 1. The van der Waals surface area contributed by atoms with E-state index in [1.54, 1.807) is 35.4 Å². The molecule has 2 aromatic rings. The van der Waals surface area contributed by atoms with E-state index >= 15 is 0 Å². The minimum Gasteiger partial charge on any atom is -0.399 e. The molecule has 0 saturated carbocycles. The molecule has 2 N–H and O–H groups in total. The Labute approximate surface area is 104 Å². The van der Waals surface area contributed by atoms with Crippen molar-refractivity contribution in [3.63, 3.8) is 0 Å². The summed E-state index contributed by atoms with van der Waals surface area (Å²) in [7, 11) is 1.78. The summed E-state index contributed by atoms with van der Waals surface area (Å²) >= 11 is 1.60. The molecule has 0 spiro atoms. The quantitative estimate of drug-likeness (QED) is 0.846. The van der Waals surface area contributed by atoms with Crippen LogP contribution in [-0.4, -0.2) is 13.0 Å². The van der Waals surface area contributed by atoms with E-state index < -0.39 is 0 Å². The number of carbonyl (C=O) groups is 1. The molecule has 0 radical (unpaired) electrons. The second-order valence-corrected chi connectivity index (χ2v) is 4.83. The van der Waals surface area contributed by atoms with Gasteiger partial charge in [-0.2, -0.15) is 0 Å². The van der Waals surface area contributed by atoms with Gasteiger partial charge in [0, 0.05) is 23.3 Å². The van der Waals surface area contributed by atoms with Gasteiger partial charge < -0.3 is 10.6 Å². The predicted octanol–water partition coefficient (Wildman–Crippen LogP) is 2.54. The average molecular weight is 246 g/mol. The molecule has 0 saturated heterocycles. The molecule has 2 rings (SSSR count). The van der Waals surface area contributed by atoms with Crippen molar-refractivity contribution in [3.05, 3.63) is 46.7 Å². The lowest BCUT2D eigenvalue weighted by molar-refractivity contribution is -0.117. The lowest BCUT2D eigenvalue weighted by Gasteiger charge is -2.17. The van der Waals surface area contributed by atoms with Gasteiger partial charge in [-0.1, -0.05) is 6.07 Å². The minimum absolute atomic E-state index is 0.0808. The highest BCUT2D eigenvalue weighted by molar-refractivity contribution is 7.10. The van der Waals surface area contributed by atoms with Crippen molar-refractivity contribution in [1.29, 1.82) is 0 Å². The molecule has 1 heterocycles. The monoisotopic (exact) mass is 246 g/mol. The van der Waals surface area contributed by atoms with Crippen molar-refractivity contribution >= 4 is 28.6 Å². The minimum atomic E-state index is 0.0808. The van der Waals surface area contributed by atoms with Crippen LogP contribution in [0.5, 0.6) is 0 Å². The highest BCUT2D eigenvalue weighted by Gasteiger charge is 2.11. The summed E-state index contributed by atoms with van der Waals surface area (Å²) in [6.45, 7) is 0. The molecular formula is C13H14N2OS. The van der Waals surface area contributed by atoms with Crippen LogP contribution in [0, 0.1) is 0 Å². The van der Waals surface area contributed by atoms with E-state index in [9.17, 15) is 4.79 Å². The van der Waals surface area contributed by atoms with Gasteiger partial charge in [0.15, 0.2) is 0 Å². The second kappa shape index (κ2) is 5.01. The summed E-state index contributed by atoms with van der Waals surface area (Å²) in [4.78, 5) is 14.7. The molecule has 3 nitrogen and oxygen atoms in total. The van der Waals surface area contributed by atoms with E-state index in [4.69, 9.17) is 5.73 Å². The van der Waals surface area contributed by atoms with Crippen molar-refractivity contribution in [2.24, 2.45) is 0 Å².